The normalized spacial score (nSPS) is 17.6. The number of nitrogens with zero attached hydrogens (tertiary/aromatic N) is 2. The highest BCUT2D eigenvalue weighted by Gasteiger charge is 2.31. The van der Waals surface area contributed by atoms with Crippen molar-refractivity contribution in [2.24, 2.45) is 7.05 Å². The number of aromatic nitrogens is 2. The quantitative estimate of drug-likeness (QED) is 0.185. The fourth-order valence-corrected chi connectivity index (χ4v) is 4.45. The van der Waals surface area contributed by atoms with Gasteiger partial charge in [0.1, 0.15) is 23.9 Å². The number of fused-ring (bicyclic) bond motifs is 1. The second-order valence-corrected chi connectivity index (χ2v) is 9.18. The van der Waals surface area contributed by atoms with E-state index in [4.69, 9.17) is 10.8 Å². The maximum absolute atomic E-state index is 14.0. The van der Waals surface area contributed by atoms with Gasteiger partial charge in [0.2, 0.25) is 40.7 Å². The third-order valence-corrected chi connectivity index (χ3v) is 6.54. The standard InChI is InChI=1S/C25H16F5N3O4S/c1-33-15-9-13(37-23-21(29)19(27)18(26)20(28)22(23)30)6-7-14(15)31-17(33)10-36-12-4-2-11(3-5-12)8-16-24(34)32-25(35)38-16/h2-7,9,16H,8,10H2,1H3,(H,32,34,35)/i16D. The summed E-state index contributed by atoms with van der Waals surface area (Å²) in [4.78, 5) is 27.7. The summed E-state index contributed by atoms with van der Waals surface area (Å²) in [6, 6.07) is 10.7. The van der Waals surface area contributed by atoms with Gasteiger partial charge in [0.15, 0.2) is 0 Å². The first kappa shape index (κ1) is 24.2. The molecule has 0 radical (unpaired) electrons. The van der Waals surface area contributed by atoms with Gasteiger partial charge in [0.05, 0.1) is 17.6 Å². The van der Waals surface area contributed by atoms with Crippen molar-refractivity contribution in [2.45, 2.75) is 18.3 Å². The SMILES string of the molecule is [2H]C1(Cc2ccc(OCc3nc4ccc(Oc5c(F)c(F)c(F)c(F)c5F)cc4n3C)cc2)SC(=O)NC1=O. The van der Waals surface area contributed by atoms with Gasteiger partial charge in [-0.25, -0.2) is 18.2 Å². The van der Waals surface area contributed by atoms with Crippen molar-refractivity contribution in [1.82, 2.24) is 14.9 Å². The molecule has 4 aromatic rings. The Bertz CT molecular complexity index is 1620. The maximum atomic E-state index is 14.0. The number of thioether (sulfide) groups is 1. The number of ether oxygens (including phenoxy) is 2. The van der Waals surface area contributed by atoms with E-state index in [1.54, 1.807) is 35.9 Å². The van der Waals surface area contributed by atoms with Crippen molar-refractivity contribution in [2.75, 3.05) is 0 Å². The van der Waals surface area contributed by atoms with Gasteiger partial charge in [-0.3, -0.25) is 14.9 Å². The molecule has 7 nitrogen and oxygen atoms in total. The molecule has 1 saturated heterocycles. The smallest absolute Gasteiger partial charge is 0.286 e. The number of rotatable bonds is 7. The number of halogens is 5. The molecule has 1 fully saturated rings. The second-order valence-electron chi connectivity index (χ2n) is 8.11. The Hall–Kier alpha value is -4.13. The highest BCUT2D eigenvalue weighted by molar-refractivity contribution is 8.15. The number of amides is 2. The molecule has 0 bridgehead atoms. The van der Waals surface area contributed by atoms with Gasteiger partial charge in [-0.2, -0.15) is 8.78 Å². The number of aryl methyl sites for hydroxylation is 1. The largest absolute Gasteiger partial charge is 0.486 e. The zero-order valence-corrected chi connectivity index (χ0v) is 20.1. The predicted octanol–water partition coefficient (Wildman–Crippen LogP) is 5.53. The molecule has 1 aliphatic rings. The van der Waals surface area contributed by atoms with Crippen molar-refractivity contribution in [3.8, 4) is 17.2 Å². The van der Waals surface area contributed by atoms with Crippen LogP contribution in [0.25, 0.3) is 11.0 Å². The van der Waals surface area contributed by atoms with Crippen molar-refractivity contribution in [3.63, 3.8) is 0 Å². The molecule has 13 heteroatoms. The number of imide groups is 1. The molecule has 3 aromatic carbocycles. The van der Waals surface area contributed by atoms with Gasteiger partial charge in [-0.05, 0) is 36.2 Å². The summed E-state index contributed by atoms with van der Waals surface area (Å²) >= 11 is 0.621. The second kappa shape index (κ2) is 9.97. The Kier molecular flexibility index (Phi) is 6.35. The minimum Gasteiger partial charge on any atom is -0.486 e. The fraction of sp³-hybridized carbons (Fsp3) is 0.160. The molecule has 5 rings (SSSR count). The van der Waals surface area contributed by atoms with E-state index in [1.807, 2.05) is 0 Å². The average molecular weight is 550 g/mol. The maximum Gasteiger partial charge on any atom is 0.286 e. The number of imidazole rings is 1. The lowest BCUT2D eigenvalue weighted by atomic mass is 10.1. The summed E-state index contributed by atoms with van der Waals surface area (Å²) in [7, 11) is 1.64. The molecule has 1 aromatic heterocycles. The van der Waals surface area contributed by atoms with Crippen molar-refractivity contribution >= 4 is 33.9 Å². The molecule has 0 aliphatic carbocycles. The molecular formula is C25H16F5N3O4S. The Morgan fingerprint density at radius 3 is 2.24 bits per heavy atom. The summed E-state index contributed by atoms with van der Waals surface area (Å²) in [5.74, 6) is -12.1. The van der Waals surface area contributed by atoms with E-state index in [0.717, 1.165) is 0 Å². The Balaban J connectivity index is 1.29. The molecule has 196 valence electrons. The van der Waals surface area contributed by atoms with Crippen LogP contribution in [0.4, 0.5) is 26.7 Å². The highest BCUT2D eigenvalue weighted by atomic mass is 32.2. The molecule has 1 aliphatic heterocycles. The van der Waals surface area contributed by atoms with Gasteiger partial charge in [-0.15, -0.1) is 0 Å². The summed E-state index contributed by atoms with van der Waals surface area (Å²) in [5.41, 5.74) is 1.55. The van der Waals surface area contributed by atoms with Crippen molar-refractivity contribution in [1.29, 1.82) is 0 Å². The molecule has 0 saturated carbocycles. The Morgan fingerprint density at radius 1 is 0.974 bits per heavy atom. The van der Waals surface area contributed by atoms with Crippen LogP contribution >= 0.6 is 11.8 Å². The summed E-state index contributed by atoms with van der Waals surface area (Å²) in [6.45, 7) is 0.00744. The molecule has 0 spiro atoms. The molecule has 2 amide bonds. The number of hydrogen-bond acceptors (Lipinski definition) is 6. The summed E-state index contributed by atoms with van der Waals surface area (Å²) in [6.07, 6.45) is 0.0235. The number of nitrogens with one attached hydrogen (secondary N) is 1. The summed E-state index contributed by atoms with van der Waals surface area (Å²) < 4.78 is 88.9. The van der Waals surface area contributed by atoms with E-state index < -0.39 is 51.2 Å². The lowest BCUT2D eigenvalue weighted by Gasteiger charge is -2.10. The van der Waals surface area contributed by atoms with Crippen LogP contribution in [0.15, 0.2) is 42.5 Å². The van der Waals surface area contributed by atoms with Crippen LogP contribution in [0.3, 0.4) is 0 Å². The molecule has 38 heavy (non-hydrogen) atoms. The Labute approximate surface area is 217 Å². The number of hydrogen-bond donors (Lipinski definition) is 1. The van der Waals surface area contributed by atoms with Gasteiger partial charge in [0.25, 0.3) is 5.24 Å². The van der Waals surface area contributed by atoms with Crippen LogP contribution in [-0.2, 0) is 24.9 Å². The van der Waals surface area contributed by atoms with Gasteiger partial charge in [0, 0.05) is 13.1 Å². The average Bonchev–Trinajstić information content (AvgIpc) is 3.36. The first-order valence-electron chi connectivity index (χ1n) is 11.4. The minimum absolute atomic E-state index is 0.00744. The van der Waals surface area contributed by atoms with Gasteiger partial charge >= 0.3 is 0 Å². The van der Waals surface area contributed by atoms with Crippen molar-refractivity contribution < 1.29 is 42.4 Å². The van der Waals surface area contributed by atoms with E-state index in [9.17, 15) is 31.5 Å². The lowest BCUT2D eigenvalue weighted by Crippen LogP contribution is -2.25. The topological polar surface area (TPSA) is 82.4 Å². The first-order chi connectivity index (χ1) is 18.5. The van der Waals surface area contributed by atoms with Crippen LogP contribution in [0.2, 0.25) is 0 Å². The highest BCUT2D eigenvalue weighted by Crippen LogP contribution is 2.34. The predicted molar refractivity (Wildman–Crippen MR) is 126 cm³/mol. The zero-order chi connectivity index (χ0) is 28.1. The number of benzene rings is 3. The molecule has 2 heterocycles. The van der Waals surface area contributed by atoms with Crippen LogP contribution in [0.5, 0.6) is 17.2 Å². The lowest BCUT2D eigenvalue weighted by molar-refractivity contribution is -0.118. The monoisotopic (exact) mass is 550 g/mol. The van der Waals surface area contributed by atoms with Crippen molar-refractivity contribution in [3.05, 3.63) is 82.9 Å². The van der Waals surface area contributed by atoms with Crippen LogP contribution in [0.1, 0.15) is 12.8 Å². The Morgan fingerprint density at radius 2 is 1.61 bits per heavy atom. The third-order valence-electron chi connectivity index (χ3n) is 5.68. The van der Waals surface area contributed by atoms with E-state index in [1.165, 1.54) is 18.2 Å². The fourth-order valence-electron chi connectivity index (χ4n) is 3.70. The van der Waals surface area contributed by atoms with E-state index in [-0.39, 0.29) is 18.8 Å². The third kappa shape index (κ3) is 4.76. The van der Waals surface area contributed by atoms with Crippen LogP contribution < -0.4 is 14.8 Å². The molecule has 1 atom stereocenters. The van der Waals surface area contributed by atoms with Gasteiger partial charge < -0.3 is 14.0 Å². The van der Waals surface area contributed by atoms with E-state index in [0.29, 0.717) is 39.9 Å². The minimum atomic E-state index is -2.28. The van der Waals surface area contributed by atoms with Crippen LogP contribution in [0, 0.1) is 29.1 Å². The number of carbonyl (C=O) groups excluding carboxylic acids is 2. The molecule has 1 N–H and O–H groups in total. The zero-order valence-electron chi connectivity index (χ0n) is 20.3. The van der Waals surface area contributed by atoms with E-state index in [2.05, 4.69) is 10.3 Å². The van der Waals surface area contributed by atoms with Gasteiger partial charge in [-0.1, -0.05) is 23.9 Å². The number of carbonyl (C=O) groups is 2. The molecule has 1 unspecified atom stereocenters. The summed E-state index contributed by atoms with van der Waals surface area (Å²) in [5, 5.41) is -0.0955. The van der Waals surface area contributed by atoms with E-state index >= 15 is 0 Å². The molecular weight excluding hydrogens is 533 g/mol. The first-order valence-corrected chi connectivity index (χ1v) is 11.7. The van der Waals surface area contributed by atoms with Crippen LogP contribution in [-0.4, -0.2) is 25.9 Å².